The third-order valence-electron chi connectivity index (χ3n) is 5.84. The summed E-state index contributed by atoms with van der Waals surface area (Å²) in [5.74, 6) is 0.901. The van der Waals surface area contributed by atoms with Crippen molar-refractivity contribution in [3.63, 3.8) is 0 Å². The van der Waals surface area contributed by atoms with E-state index in [2.05, 4.69) is 40.4 Å². The van der Waals surface area contributed by atoms with Gasteiger partial charge in [-0.15, -0.1) is 0 Å². The summed E-state index contributed by atoms with van der Waals surface area (Å²) < 4.78 is 7.70. The number of rotatable bonds is 17. The van der Waals surface area contributed by atoms with Gasteiger partial charge in [0.2, 0.25) is 0 Å². The molecule has 0 unspecified atom stereocenters. The van der Waals surface area contributed by atoms with Crippen molar-refractivity contribution in [3.05, 3.63) is 24.5 Å². The minimum absolute atomic E-state index is 0.901. The smallest absolute Gasteiger partial charge is 0.121 e. The molecule has 0 spiro atoms. The van der Waals surface area contributed by atoms with Crippen LogP contribution in [0.2, 0.25) is 0 Å². The lowest BCUT2D eigenvalue weighted by atomic mass is 10.1. The van der Waals surface area contributed by atoms with Gasteiger partial charge in [-0.2, -0.15) is 0 Å². The van der Waals surface area contributed by atoms with Gasteiger partial charge in [-0.05, 0) is 38.1 Å². The minimum Gasteiger partial charge on any atom is -0.497 e. The van der Waals surface area contributed by atoms with Gasteiger partial charge in [0.1, 0.15) is 5.75 Å². The number of hydrogen-bond donors (Lipinski definition) is 0. The van der Waals surface area contributed by atoms with Crippen molar-refractivity contribution in [3.8, 4) is 5.75 Å². The van der Waals surface area contributed by atoms with Crippen LogP contribution >= 0.6 is 0 Å². The molecule has 0 radical (unpaired) electrons. The van der Waals surface area contributed by atoms with Crippen molar-refractivity contribution < 1.29 is 4.74 Å². The summed E-state index contributed by atoms with van der Waals surface area (Å²) in [6, 6.07) is 6.15. The number of hydrogen-bond acceptors (Lipinski definition) is 3. The molecule has 29 heavy (non-hydrogen) atoms. The number of ether oxygens (including phenoxy) is 1. The highest BCUT2D eigenvalue weighted by Gasteiger charge is 2.10. The summed E-state index contributed by atoms with van der Waals surface area (Å²) in [6.45, 7) is 7.86. The Morgan fingerprint density at radius 1 is 0.828 bits per heavy atom. The van der Waals surface area contributed by atoms with Gasteiger partial charge in [-0.1, -0.05) is 78.1 Å². The van der Waals surface area contributed by atoms with Crippen LogP contribution in [-0.2, 0) is 6.67 Å². The standard InChI is InChI=1S/C25H43N3O/c1-4-6-8-10-12-14-18-27(19-15-13-11-9-7-5-2)22-28-21-26-24-17-16-23(29-3)20-25(24)28/h16-17,20-21H,4-15,18-19,22H2,1-3H3. The van der Waals surface area contributed by atoms with Gasteiger partial charge in [0.25, 0.3) is 0 Å². The van der Waals surface area contributed by atoms with Gasteiger partial charge >= 0.3 is 0 Å². The second kappa shape index (κ2) is 14.4. The van der Waals surface area contributed by atoms with Crippen LogP contribution in [0.3, 0.4) is 0 Å². The molecule has 0 fully saturated rings. The topological polar surface area (TPSA) is 30.3 Å². The Labute approximate surface area is 178 Å². The molecule has 0 saturated carbocycles. The van der Waals surface area contributed by atoms with E-state index in [1.807, 2.05) is 12.4 Å². The fourth-order valence-corrected chi connectivity index (χ4v) is 3.98. The summed E-state index contributed by atoms with van der Waals surface area (Å²) >= 11 is 0. The number of nitrogens with zero attached hydrogens (tertiary/aromatic N) is 3. The highest BCUT2D eigenvalue weighted by Crippen LogP contribution is 2.20. The Hall–Kier alpha value is -1.55. The Morgan fingerprint density at radius 3 is 2.00 bits per heavy atom. The first kappa shape index (κ1) is 23.7. The van der Waals surface area contributed by atoms with Gasteiger partial charge in [0, 0.05) is 6.07 Å². The monoisotopic (exact) mass is 401 g/mol. The van der Waals surface area contributed by atoms with Crippen LogP contribution in [0.25, 0.3) is 11.0 Å². The summed E-state index contributed by atoms with van der Waals surface area (Å²) in [4.78, 5) is 7.21. The first-order valence-electron chi connectivity index (χ1n) is 12.0. The van der Waals surface area contributed by atoms with E-state index in [1.165, 1.54) is 95.7 Å². The number of fused-ring (bicyclic) bond motifs is 1. The molecule has 0 aliphatic heterocycles. The third kappa shape index (κ3) is 8.77. The van der Waals surface area contributed by atoms with Crippen molar-refractivity contribution >= 4 is 11.0 Å². The van der Waals surface area contributed by atoms with Crippen LogP contribution < -0.4 is 4.74 Å². The van der Waals surface area contributed by atoms with Crippen molar-refractivity contribution in [1.29, 1.82) is 0 Å². The van der Waals surface area contributed by atoms with Crippen molar-refractivity contribution in [2.24, 2.45) is 0 Å². The molecule has 0 aliphatic carbocycles. The van der Waals surface area contributed by atoms with E-state index in [9.17, 15) is 0 Å². The normalized spacial score (nSPS) is 11.6. The third-order valence-corrected chi connectivity index (χ3v) is 5.84. The maximum absolute atomic E-state index is 5.42. The quantitative estimate of drug-likeness (QED) is 0.267. The molecular weight excluding hydrogens is 358 g/mol. The molecule has 0 bridgehead atoms. The zero-order valence-electron chi connectivity index (χ0n) is 19.2. The predicted octanol–water partition coefficient (Wildman–Crippen LogP) is 7.03. The zero-order chi connectivity index (χ0) is 20.7. The average Bonchev–Trinajstić information content (AvgIpc) is 3.14. The van der Waals surface area contributed by atoms with Crippen LogP contribution in [0.1, 0.15) is 90.9 Å². The molecule has 0 N–H and O–H groups in total. The van der Waals surface area contributed by atoms with Gasteiger partial charge in [0.05, 0.1) is 31.1 Å². The van der Waals surface area contributed by atoms with Gasteiger partial charge in [0.15, 0.2) is 0 Å². The van der Waals surface area contributed by atoms with Crippen molar-refractivity contribution in [2.75, 3.05) is 20.2 Å². The van der Waals surface area contributed by atoms with E-state index < -0.39 is 0 Å². The maximum Gasteiger partial charge on any atom is 0.121 e. The number of benzene rings is 1. The van der Waals surface area contributed by atoms with Crippen LogP contribution in [-0.4, -0.2) is 34.7 Å². The van der Waals surface area contributed by atoms with E-state index in [-0.39, 0.29) is 0 Å². The van der Waals surface area contributed by atoms with Crippen molar-refractivity contribution in [2.45, 2.75) is 97.6 Å². The second-order valence-corrected chi connectivity index (χ2v) is 8.36. The van der Waals surface area contributed by atoms with Crippen LogP contribution in [0.5, 0.6) is 5.75 Å². The Balaban J connectivity index is 1.89. The molecule has 1 aromatic heterocycles. The van der Waals surface area contributed by atoms with Crippen LogP contribution in [0, 0.1) is 0 Å². The Morgan fingerprint density at radius 2 is 1.41 bits per heavy atom. The molecule has 1 heterocycles. The molecule has 2 aromatic rings. The Bertz CT molecular complexity index is 651. The fourth-order valence-electron chi connectivity index (χ4n) is 3.98. The lowest BCUT2D eigenvalue weighted by Crippen LogP contribution is -2.28. The Kier molecular flexibility index (Phi) is 11.8. The number of unbranched alkanes of at least 4 members (excludes halogenated alkanes) is 10. The summed E-state index contributed by atoms with van der Waals surface area (Å²) in [5.41, 5.74) is 2.21. The highest BCUT2D eigenvalue weighted by atomic mass is 16.5. The molecule has 164 valence electrons. The molecule has 2 rings (SSSR count). The van der Waals surface area contributed by atoms with Crippen molar-refractivity contribution in [1.82, 2.24) is 14.5 Å². The van der Waals surface area contributed by atoms with E-state index in [0.29, 0.717) is 0 Å². The van der Waals surface area contributed by atoms with E-state index in [0.717, 1.165) is 17.9 Å². The number of aromatic nitrogens is 2. The average molecular weight is 402 g/mol. The summed E-state index contributed by atoms with van der Waals surface area (Å²) in [5, 5.41) is 0. The first-order chi connectivity index (χ1) is 14.3. The molecule has 0 aliphatic rings. The maximum atomic E-state index is 5.42. The lowest BCUT2D eigenvalue weighted by molar-refractivity contribution is 0.211. The van der Waals surface area contributed by atoms with Gasteiger partial charge in [-0.3, -0.25) is 4.90 Å². The number of imidazole rings is 1. The van der Waals surface area contributed by atoms with E-state index in [1.54, 1.807) is 7.11 Å². The molecular formula is C25H43N3O. The minimum atomic E-state index is 0.901. The highest BCUT2D eigenvalue weighted by molar-refractivity contribution is 5.76. The molecule has 0 saturated heterocycles. The largest absolute Gasteiger partial charge is 0.497 e. The molecule has 0 amide bonds. The number of methoxy groups -OCH3 is 1. The zero-order valence-corrected chi connectivity index (χ0v) is 19.2. The van der Waals surface area contributed by atoms with Crippen LogP contribution in [0.15, 0.2) is 24.5 Å². The first-order valence-corrected chi connectivity index (χ1v) is 12.0. The van der Waals surface area contributed by atoms with Gasteiger partial charge < -0.3 is 9.30 Å². The molecule has 4 heteroatoms. The fraction of sp³-hybridized carbons (Fsp3) is 0.720. The summed E-state index contributed by atoms with van der Waals surface area (Å²) in [6.07, 6.45) is 18.2. The summed E-state index contributed by atoms with van der Waals surface area (Å²) in [7, 11) is 1.73. The SMILES string of the molecule is CCCCCCCCN(CCCCCCCC)Cn1cnc2ccc(OC)cc21. The van der Waals surface area contributed by atoms with E-state index in [4.69, 9.17) is 4.74 Å². The van der Waals surface area contributed by atoms with E-state index >= 15 is 0 Å². The second-order valence-electron chi connectivity index (χ2n) is 8.36. The van der Waals surface area contributed by atoms with Crippen LogP contribution in [0.4, 0.5) is 0 Å². The molecule has 1 aromatic carbocycles. The molecule has 4 nitrogen and oxygen atoms in total. The predicted molar refractivity (Wildman–Crippen MR) is 125 cm³/mol. The van der Waals surface area contributed by atoms with Gasteiger partial charge in [-0.25, -0.2) is 4.98 Å². The lowest BCUT2D eigenvalue weighted by Gasteiger charge is -2.23. The molecule has 0 atom stereocenters.